The number of rotatable bonds is 5. The Hall–Kier alpha value is -5.41. The van der Waals surface area contributed by atoms with Gasteiger partial charge in [-0.25, -0.2) is 0 Å². The van der Waals surface area contributed by atoms with Crippen molar-refractivity contribution in [2.24, 2.45) is 0 Å². The molecule has 3 nitrogen and oxygen atoms in total. The standard InChI is InChI=1S/C39H28N2O/c1-3-9-27(10-4-1)28-15-17-29(18-16-28)30-19-21-32(22-20-30)41(31-11-5-2-6-12-31)33-23-24-36-35(25-33)39-34-13-7-8-14-37(34)42-38(39)26-40-36/h1-26,34,37H. The second-order valence-electron chi connectivity index (χ2n) is 10.8. The van der Waals surface area contributed by atoms with E-state index in [1.165, 1.54) is 27.8 Å². The van der Waals surface area contributed by atoms with Crippen molar-refractivity contribution in [3.8, 4) is 28.0 Å². The highest BCUT2D eigenvalue weighted by atomic mass is 16.5. The van der Waals surface area contributed by atoms with Gasteiger partial charge in [-0.05, 0) is 70.8 Å². The van der Waals surface area contributed by atoms with E-state index >= 15 is 0 Å². The quantitative estimate of drug-likeness (QED) is 0.218. The van der Waals surface area contributed by atoms with E-state index in [1.807, 2.05) is 6.20 Å². The molecule has 200 valence electrons. The minimum atomic E-state index is 0.0283. The molecular formula is C39H28N2O. The minimum absolute atomic E-state index is 0.0283. The van der Waals surface area contributed by atoms with Crippen LogP contribution in [0.4, 0.5) is 17.1 Å². The highest BCUT2D eigenvalue weighted by Gasteiger charge is 2.34. The van der Waals surface area contributed by atoms with Gasteiger partial charge in [-0.3, -0.25) is 4.98 Å². The van der Waals surface area contributed by atoms with Crippen molar-refractivity contribution in [2.75, 3.05) is 4.90 Å². The molecule has 6 aromatic rings. The molecule has 2 aliphatic rings. The molecule has 1 aliphatic heterocycles. The van der Waals surface area contributed by atoms with Crippen LogP contribution in [0.2, 0.25) is 0 Å². The monoisotopic (exact) mass is 540 g/mol. The Balaban J connectivity index is 1.18. The summed E-state index contributed by atoms with van der Waals surface area (Å²) in [5, 5.41) is 1.13. The third-order valence-corrected chi connectivity index (χ3v) is 8.26. The van der Waals surface area contributed by atoms with Gasteiger partial charge in [0.25, 0.3) is 0 Å². The number of ether oxygens (including phenoxy) is 1. The van der Waals surface area contributed by atoms with E-state index < -0.39 is 0 Å². The van der Waals surface area contributed by atoms with Gasteiger partial charge >= 0.3 is 0 Å². The number of nitrogens with zero attached hydrogens (tertiary/aromatic N) is 2. The van der Waals surface area contributed by atoms with Crippen molar-refractivity contribution in [3.05, 3.63) is 163 Å². The van der Waals surface area contributed by atoms with Crippen LogP contribution in [-0.2, 0) is 0 Å². The molecule has 8 rings (SSSR count). The van der Waals surface area contributed by atoms with E-state index in [1.54, 1.807) is 0 Å². The Morgan fingerprint density at radius 3 is 1.83 bits per heavy atom. The van der Waals surface area contributed by atoms with E-state index in [2.05, 4.69) is 157 Å². The number of pyridine rings is 1. The number of para-hydroxylation sites is 1. The minimum Gasteiger partial charge on any atom is -0.483 e. The van der Waals surface area contributed by atoms with Crippen molar-refractivity contribution in [3.63, 3.8) is 0 Å². The van der Waals surface area contributed by atoms with Crippen LogP contribution in [0, 0.1) is 0 Å². The molecule has 0 N–H and O–H groups in total. The van der Waals surface area contributed by atoms with Crippen molar-refractivity contribution < 1.29 is 4.74 Å². The normalized spacial score (nSPS) is 16.6. The molecule has 2 atom stereocenters. The Morgan fingerprint density at radius 1 is 0.548 bits per heavy atom. The third-order valence-electron chi connectivity index (χ3n) is 8.26. The Morgan fingerprint density at radius 2 is 1.12 bits per heavy atom. The van der Waals surface area contributed by atoms with Crippen LogP contribution >= 0.6 is 0 Å². The maximum Gasteiger partial charge on any atom is 0.143 e. The number of anilines is 3. The highest BCUT2D eigenvalue weighted by Crippen LogP contribution is 2.46. The SMILES string of the molecule is C1=CC2Oc3cnc4ccc(N(c5ccccc5)c5ccc(-c6ccc(-c7ccccc7)cc6)cc5)cc4c3C2C=C1. The molecule has 2 heterocycles. The molecule has 3 heteroatoms. The van der Waals surface area contributed by atoms with Crippen LogP contribution in [0.5, 0.6) is 5.75 Å². The predicted octanol–water partition coefficient (Wildman–Crippen LogP) is 10.0. The number of hydrogen-bond donors (Lipinski definition) is 0. The third kappa shape index (κ3) is 4.27. The maximum atomic E-state index is 6.26. The van der Waals surface area contributed by atoms with Crippen LogP contribution in [0.3, 0.4) is 0 Å². The van der Waals surface area contributed by atoms with E-state index in [9.17, 15) is 0 Å². The number of allylic oxidation sites excluding steroid dienone is 2. The Kier molecular flexibility index (Phi) is 5.93. The van der Waals surface area contributed by atoms with Crippen LogP contribution in [0.1, 0.15) is 11.5 Å². The highest BCUT2D eigenvalue weighted by molar-refractivity contribution is 5.91. The van der Waals surface area contributed by atoms with E-state index in [0.29, 0.717) is 0 Å². The molecule has 0 amide bonds. The van der Waals surface area contributed by atoms with E-state index in [4.69, 9.17) is 9.72 Å². The Bertz CT molecular complexity index is 1940. The summed E-state index contributed by atoms with van der Waals surface area (Å²) in [5.74, 6) is 1.07. The fourth-order valence-electron chi connectivity index (χ4n) is 6.18. The van der Waals surface area contributed by atoms with Gasteiger partial charge < -0.3 is 9.64 Å². The summed E-state index contributed by atoms with van der Waals surface area (Å²) in [6, 6.07) is 45.2. The van der Waals surface area contributed by atoms with Crippen molar-refractivity contribution >= 4 is 28.0 Å². The number of benzene rings is 5. The lowest BCUT2D eigenvalue weighted by molar-refractivity contribution is 0.268. The zero-order chi connectivity index (χ0) is 27.9. The van der Waals surface area contributed by atoms with Gasteiger partial charge in [0.2, 0.25) is 0 Å². The van der Waals surface area contributed by atoms with Gasteiger partial charge in [-0.2, -0.15) is 0 Å². The summed E-state index contributed by atoms with van der Waals surface area (Å²) < 4.78 is 6.26. The van der Waals surface area contributed by atoms with Gasteiger partial charge in [0, 0.05) is 33.9 Å². The van der Waals surface area contributed by atoms with Crippen LogP contribution in [-0.4, -0.2) is 11.1 Å². The van der Waals surface area contributed by atoms with Crippen LogP contribution in [0.15, 0.2) is 158 Å². The van der Waals surface area contributed by atoms with Gasteiger partial charge in [0.15, 0.2) is 0 Å². The molecule has 2 unspecified atom stereocenters. The van der Waals surface area contributed by atoms with Gasteiger partial charge in [-0.1, -0.05) is 103 Å². The first-order valence-corrected chi connectivity index (χ1v) is 14.4. The summed E-state index contributed by atoms with van der Waals surface area (Å²) in [6.07, 6.45) is 10.4. The molecule has 1 aliphatic carbocycles. The Labute approximate surface area is 245 Å². The van der Waals surface area contributed by atoms with Crippen molar-refractivity contribution in [2.45, 2.75) is 12.0 Å². The van der Waals surface area contributed by atoms with Crippen LogP contribution < -0.4 is 9.64 Å². The molecule has 0 radical (unpaired) electrons. The number of hydrogen-bond acceptors (Lipinski definition) is 3. The average Bonchev–Trinajstić information content (AvgIpc) is 3.46. The fraction of sp³-hybridized carbons (Fsp3) is 0.0513. The van der Waals surface area contributed by atoms with Crippen molar-refractivity contribution in [1.29, 1.82) is 0 Å². The smallest absolute Gasteiger partial charge is 0.143 e. The molecule has 1 aromatic heterocycles. The number of aromatic nitrogens is 1. The molecule has 0 saturated carbocycles. The molecule has 5 aromatic carbocycles. The molecule has 0 spiro atoms. The first kappa shape index (κ1) is 24.4. The molecule has 0 saturated heterocycles. The molecule has 0 bridgehead atoms. The van der Waals surface area contributed by atoms with Gasteiger partial charge in [0.1, 0.15) is 11.9 Å². The summed E-state index contributed by atoms with van der Waals surface area (Å²) in [4.78, 5) is 7.05. The maximum absolute atomic E-state index is 6.26. The zero-order valence-electron chi connectivity index (χ0n) is 23.0. The lowest BCUT2D eigenvalue weighted by Gasteiger charge is -2.26. The summed E-state index contributed by atoms with van der Waals surface area (Å²) in [7, 11) is 0. The average molecular weight is 541 g/mol. The van der Waals surface area contributed by atoms with E-state index in [-0.39, 0.29) is 12.0 Å². The zero-order valence-corrected chi connectivity index (χ0v) is 23.0. The molecular weight excluding hydrogens is 512 g/mol. The lowest BCUT2D eigenvalue weighted by atomic mass is 9.89. The summed E-state index contributed by atoms with van der Waals surface area (Å²) in [5.41, 5.74) is 10.3. The second-order valence-corrected chi connectivity index (χ2v) is 10.8. The summed E-state index contributed by atoms with van der Waals surface area (Å²) in [6.45, 7) is 0. The van der Waals surface area contributed by atoms with Gasteiger partial charge in [0.05, 0.1) is 11.7 Å². The first-order chi connectivity index (χ1) is 20.8. The second kappa shape index (κ2) is 10.2. The summed E-state index contributed by atoms with van der Waals surface area (Å²) >= 11 is 0. The van der Waals surface area contributed by atoms with Gasteiger partial charge in [-0.15, -0.1) is 0 Å². The van der Waals surface area contributed by atoms with Crippen molar-refractivity contribution in [1.82, 2.24) is 4.98 Å². The lowest BCUT2D eigenvalue weighted by Crippen LogP contribution is -2.15. The first-order valence-electron chi connectivity index (χ1n) is 14.4. The van der Waals surface area contributed by atoms with Crippen LogP contribution in [0.25, 0.3) is 33.2 Å². The topological polar surface area (TPSA) is 25.4 Å². The predicted molar refractivity (Wildman–Crippen MR) is 173 cm³/mol. The molecule has 0 fully saturated rings. The largest absolute Gasteiger partial charge is 0.483 e. The van der Waals surface area contributed by atoms with E-state index in [0.717, 1.165) is 33.7 Å². The fourth-order valence-corrected chi connectivity index (χ4v) is 6.18. The number of fused-ring (bicyclic) bond motifs is 5. The molecule has 42 heavy (non-hydrogen) atoms.